The SMILES string of the molecule is CC(C)CC(NC(=O)OC1(Cc2ccccc2)CCN(C(=O)OC(C)(C)C)CC1)C(=O)NC(CC1CCNC1=O)C(O)S(=O)(=O)O. The van der Waals surface area contributed by atoms with E-state index >= 15 is 0 Å². The second-order valence-electron chi connectivity index (χ2n) is 13.6. The number of aliphatic hydroxyl groups excluding tert-OH is 1. The first-order chi connectivity index (χ1) is 21.4. The minimum absolute atomic E-state index is 0.100. The van der Waals surface area contributed by atoms with Crippen LogP contribution in [0.2, 0.25) is 0 Å². The third-order valence-electron chi connectivity index (χ3n) is 8.00. The van der Waals surface area contributed by atoms with E-state index in [2.05, 4.69) is 16.0 Å². The Labute approximate surface area is 270 Å². The van der Waals surface area contributed by atoms with E-state index in [1.165, 1.54) is 0 Å². The van der Waals surface area contributed by atoms with Crippen molar-refractivity contribution < 1.29 is 46.7 Å². The average Bonchev–Trinajstić information content (AvgIpc) is 3.34. The molecule has 46 heavy (non-hydrogen) atoms. The van der Waals surface area contributed by atoms with Gasteiger partial charge in [-0.1, -0.05) is 44.2 Å². The molecule has 2 aliphatic rings. The van der Waals surface area contributed by atoms with Gasteiger partial charge >= 0.3 is 12.2 Å². The van der Waals surface area contributed by atoms with Crippen LogP contribution >= 0.6 is 0 Å². The fourth-order valence-electron chi connectivity index (χ4n) is 5.69. The number of rotatable bonds is 12. The molecule has 4 unspecified atom stereocenters. The molecule has 2 aliphatic heterocycles. The minimum atomic E-state index is -5.00. The Bertz CT molecular complexity index is 1320. The number of piperidine rings is 1. The number of likely N-dealkylation sites (tertiary alicyclic amines) is 1. The van der Waals surface area contributed by atoms with Crippen LogP contribution in [-0.4, -0.2) is 95.3 Å². The number of amides is 4. The van der Waals surface area contributed by atoms with Crippen molar-refractivity contribution in [3.63, 3.8) is 0 Å². The smallest absolute Gasteiger partial charge is 0.410 e. The number of nitrogens with zero attached hydrogens (tertiary/aromatic N) is 1. The number of alkyl carbamates (subject to hydrolysis) is 1. The molecule has 2 fully saturated rings. The first kappa shape index (κ1) is 37.0. The molecule has 0 aromatic heterocycles. The van der Waals surface area contributed by atoms with Gasteiger partial charge in [-0.2, -0.15) is 8.42 Å². The summed E-state index contributed by atoms with van der Waals surface area (Å²) in [6.45, 7) is 9.89. The van der Waals surface area contributed by atoms with Crippen LogP contribution in [0.25, 0.3) is 0 Å². The molecule has 5 N–H and O–H groups in total. The zero-order chi connectivity index (χ0) is 34.3. The summed E-state index contributed by atoms with van der Waals surface area (Å²) < 4.78 is 44.7. The highest BCUT2D eigenvalue weighted by Crippen LogP contribution is 2.32. The fraction of sp³-hybridized carbons (Fsp3) is 0.677. The number of ether oxygens (including phenoxy) is 2. The van der Waals surface area contributed by atoms with E-state index in [0.29, 0.717) is 32.2 Å². The molecule has 0 saturated carbocycles. The summed E-state index contributed by atoms with van der Waals surface area (Å²) in [7, 11) is -5.00. The van der Waals surface area contributed by atoms with Crippen molar-refractivity contribution >= 4 is 34.1 Å². The minimum Gasteiger partial charge on any atom is -0.444 e. The van der Waals surface area contributed by atoms with Crippen LogP contribution in [0.5, 0.6) is 0 Å². The maximum atomic E-state index is 13.5. The molecule has 0 spiro atoms. The van der Waals surface area contributed by atoms with Gasteiger partial charge in [-0.3, -0.25) is 14.1 Å². The first-order valence-corrected chi connectivity index (χ1v) is 17.1. The number of carbonyl (C=O) groups is 4. The monoisotopic (exact) mass is 668 g/mol. The van der Waals surface area contributed by atoms with Gasteiger partial charge in [0.05, 0.1) is 6.04 Å². The molecule has 258 valence electrons. The molecule has 3 rings (SSSR count). The van der Waals surface area contributed by atoms with Gasteiger partial charge < -0.3 is 35.4 Å². The van der Waals surface area contributed by atoms with Crippen LogP contribution in [0, 0.1) is 11.8 Å². The molecule has 0 aliphatic carbocycles. The molecule has 0 bridgehead atoms. The van der Waals surface area contributed by atoms with Crippen LogP contribution in [-0.2, 0) is 35.6 Å². The van der Waals surface area contributed by atoms with Crippen molar-refractivity contribution in [3.8, 4) is 0 Å². The lowest BCUT2D eigenvalue weighted by molar-refractivity contribution is -0.126. The summed E-state index contributed by atoms with van der Waals surface area (Å²) >= 11 is 0. The number of benzene rings is 1. The molecule has 2 heterocycles. The summed E-state index contributed by atoms with van der Waals surface area (Å²) in [6, 6.07) is 6.70. The van der Waals surface area contributed by atoms with E-state index in [9.17, 15) is 37.3 Å². The van der Waals surface area contributed by atoms with E-state index in [1.54, 1.807) is 25.7 Å². The summed E-state index contributed by atoms with van der Waals surface area (Å²) in [5, 5.41) is 18.0. The molecule has 14 nitrogen and oxygen atoms in total. The Morgan fingerprint density at radius 3 is 2.26 bits per heavy atom. The molecule has 4 amide bonds. The van der Waals surface area contributed by atoms with E-state index in [-0.39, 0.29) is 37.8 Å². The van der Waals surface area contributed by atoms with Crippen LogP contribution in [0.4, 0.5) is 9.59 Å². The number of hydrogen-bond acceptors (Lipinski definition) is 9. The van der Waals surface area contributed by atoms with Crippen molar-refractivity contribution in [1.29, 1.82) is 0 Å². The van der Waals surface area contributed by atoms with Crippen LogP contribution in [0.15, 0.2) is 30.3 Å². The lowest BCUT2D eigenvalue weighted by atomic mass is 9.85. The molecule has 0 radical (unpaired) electrons. The number of aliphatic hydroxyl groups is 1. The fourth-order valence-corrected chi connectivity index (χ4v) is 6.29. The van der Waals surface area contributed by atoms with E-state index < -0.39 is 62.9 Å². The molecule has 1 aromatic carbocycles. The highest BCUT2D eigenvalue weighted by Gasteiger charge is 2.42. The van der Waals surface area contributed by atoms with Gasteiger partial charge in [0.15, 0.2) is 0 Å². The number of nitrogens with one attached hydrogen (secondary N) is 3. The second-order valence-corrected chi connectivity index (χ2v) is 15.1. The molecular formula is C31H48N4O10S. The molecule has 2 saturated heterocycles. The topological polar surface area (TPSA) is 201 Å². The van der Waals surface area contributed by atoms with Gasteiger partial charge in [0.2, 0.25) is 17.3 Å². The number of hydrogen-bond donors (Lipinski definition) is 5. The second kappa shape index (κ2) is 15.4. The van der Waals surface area contributed by atoms with Crippen LogP contribution < -0.4 is 16.0 Å². The Hall–Kier alpha value is -3.43. The van der Waals surface area contributed by atoms with Crippen molar-refractivity contribution in [1.82, 2.24) is 20.9 Å². The largest absolute Gasteiger partial charge is 0.444 e. The Morgan fingerprint density at radius 1 is 1.11 bits per heavy atom. The van der Waals surface area contributed by atoms with Crippen molar-refractivity contribution in [3.05, 3.63) is 35.9 Å². The molecule has 15 heteroatoms. The molecular weight excluding hydrogens is 620 g/mol. The summed E-state index contributed by atoms with van der Waals surface area (Å²) in [5.74, 6) is -1.96. The lowest BCUT2D eigenvalue weighted by Gasteiger charge is -2.41. The highest BCUT2D eigenvalue weighted by atomic mass is 32.2. The summed E-state index contributed by atoms with van der Waals surface area (Å²) in [6.07, 6.45) is -0.123. The van der Waals surface area contributed by atoms with E-state index in [1.807, 2.05) is 44.2 Å². The van der Waals surface area contributed by atoms with Gasteiger partial charge in [-0.15, -0.1) is 0 Å². The van der Waals surface area contributed by atoms with Gasteiger partial charge in [-0.25, -0.2) is 9.59 Å². The van der Waals surface area contributed by atoms with Crippen molar-refractivity contribution in [2.24, 2.45) is 11.8 Å². The van der Waals surface area contributed by atoms with Crippen LogP contribution in [0.1, 0.15) is 72.3 Å². The zero-order valence-corrected chi connectivity index (χ0v) is 28.0. The van der Waals surface area contributed by atoms with Gasteiger partial charge in [0, 0.05) is 44.8 Å². The van der Waals surface area contributed by atoms with Crippen LogP contribution in [0.3, 0.4) is 0 Å². The maximum absolute atomic E-state index is 13.5. The predicted molar refractivity (Wildman–Crippen MR) is 168 cm³/mol. The third-order valence-corrected chi connectivity index (χ3v) is 8.94. The Morgan fingerprint density at radius 2 is 1.74 bits per heavy atom. The summed E-state index contributed by atoms with van der Waals surface area (Å²) in [4.78, 5) is 53.3. The standard InChI is InChI=1S/C31H48N4O10S/c1-20(2)17-23(26(37)33-24(27(38)46(41,42)43)18-22-11-14-32-25(22)36)34-28(39)44-31(19-21-9-7-6-8-10-21)12-15-35(16-13-31)29(40)45-30(3,4)5/h6-10,20,22-24,27,38H,11-19H2,1-5H3,(H,32,36)(H,33,37)(H,34,39)(H,41,42,43). The normalized spacial score (nSPS) is 20.3. The quantitative estimate of drug-likeness (QED) is 0.206. The Kier molecular flexibility index (Phi) is 12.4. The number of carbonyl (C=O) groups excluding carboxylic acids is 4. The zero-order valence-electron chi connectivity index (χ0n) is 27.2. The average molecular weight is 669 g/mol. The highest BCUT2D eigenvalue weighted by molar-refractivity contribution is 7.86. The van der Waals surface area contributed by atoms with Gasteiger partial charge in [0.1, 0.15) is 17.2 Å². The van der Waals surface area contributed by atoms with E-state index in [0.717, 1.165) is 5.56 Å². The molecule has 4 atom stereocenters. The Balaban J connectivity index is 1.77. The predicted octanol–water partition coefficient (Wildman–Crippen LogP) is 2.36. The third kappa shape index (κ3) is 11.1. The van der Waals surface area contributed by atoms with Crippen molar-refractivity contribution in [2.45, 2.75) is 102 Å². The van der Waals surface area contributed by atoms with Gasteiger partial charge in [0.25, 0.3) is 10.1 Å². The lowest BCUT2D eigenvalue weighted by Crippen LogP contribution is -2.56. The summed E-state index contributed by atoms with van der Waals surface area (Å²) in [5.41, 5.74) is -3.16. The van der Waals surface area contributed by atoms with E-state index in [4.69, 9.17) is 9.47 Å². The van der Waals surface area contributed by atoms with Gasteiger partial charge in [-0.05, 0) is 51.5 Å². The van der Waals surface area contributed by atoms with Crippen molar-refractivity contribution in [2.75, 3.05) is 19.6 Å². The molecule has 1 aromatic rings. The first-order valence-electron chi connectivity index (χ1n) is 15.6. The maximum Gasteiger partial charge on any atom is 0.410 e.